The van der Waals surface area contributed by atoms with Gasteiger partial charge in [-0.05, 0) is 6.42 Å². The fourth-order valence-electron chi connectivity index (χ4n) is 2.49. The van der Waals surface area contributed by atoms with Crippen LogP contribution in [0.4, 0.5) is 11.8 Å². The molecule has 0 aliphatic carbocycles. The highest BCUT2D eigenvalue weighted by atomic mass is 16.5. The van der Waals surface area contributed by atoms with E-state index in [0.29, 0.717) is 18.5 Å². The summed E-state index contributed by atoms with van der Waals surface area (Å²) in [4.78, 5) is 12.8. The molecule has 0 aromatic carbocycles. The van der Waals surface area contributed by atoms with Gasteiger partial charge in [0.05, 0.1) is 12.3 Å². The molecule has 1 aliphatic rings. The van der Waals surface area contributed by atoms with Crippen molar-refractivity contribution in [2.45, 2.75) is 18.8 Å². The van der Waals surface area contributed by atoms with Crippen LogP contribution in [0, 0.1) is 0 Å². The molecule has 112 valence electrons. The Bertz CT molecular complexity index is 605. The van der Waals surface area contributed by atoms with Gasteiger partial charge >= 0.3 is 0 Å². The van der Waals surface area contributed by atoms with Crippen molar-refractivity contribution >= 4 is 11.8 Å². The number of ether oxygens (including phenoxy) is 1. The molecule has 0 spiro atoms. The Balaban J connectivity index is 1.63. The summed E-state index contributed by atoms with van der Waals surface area (Å²) in [7, 11) is 1.99. The molecule has 2 aromatic heterocycles. The number of nitrogens with zero attached hydrogens (tertiary/aromatic N) is 4. The molecule has 0 amide bonds. The van der Waals surface area contributed by atoms with Gasteiger partial charge in [-0.15, -0.1) is 0 Å². The van der Waals surface area contributed by atoms with Crippen LogP contribution < -0.4 is 11.1 Å². The summed E-state index contributed by atoms with van der Waals surface area (Å²) < 4.78 is 7.41. The number of aromatic nitrogens is 4. The minimum Gasteiger partial charge on any atom is -0.381 e. The van der Waals surface area contributed by atoms with Crippen molar-refractivity contribution in [1.82, 2.24) is 19.5 Å². The summed E-state index contributed by atoms with van der Waals surface area (Å²) in [5.74, 6) is 2.43. The summed E-state index contributed by atoms with van der Waals surface area (Å²) in [6.07, 6.45) is 5.56. The average molecular weight is 288 g/mol. The maximum atomic E-state index is 5.80. The molecule has 2 aromatic rings. The molecule has 21 heavy (non-hydrogen) atoms. The van der Waals surface area contributed by atoms with Crippen LogP contribution >= 0.6 is 0 Å². The molecule has 7 heteroatoms. The van der Waals surface area contributed by atoms with E-state index in [0.717, 1.165) is 43.3 Å². The fraction of sp³-hybridized carbons (Fsp3) is 0.500. The summed E-state index contributed by atoms with van der Waals surface area (Å²) in [6, 6.07) is 1.97. The smallest absolute Gasteiger partial charge is 0.222 e. The fourth-order valence-corrected chi connectivity index (χ4v) is 2.49. The van der Waals surface area contributed by atoms with E-state index in [1.54, 1.807) is 6.20 Å². The minimum atomic E-state index is 0.305. The van der Waals surface area contributed by atoms with Crippen LogP contribution in [0.2, 0.25) is 0 Å². The first kappa shape index (κ1) is 13.8. The van der Waals surface area contributed by atoms with Crippen LogP contribution in [-0.4, -0.2) is 39.3 Å². The number of imidazole rings is 1. The summed E-state index contributed by atoms with van der Waals surface area (Å²) >= 11 is 0. The highest BCUT2D eigenvalue weighted by Crippen LogP contribution is 2.25. The molecule has 3 rings (SSSR count). The molecule has 7 nitrogen and oxygen atoms in total. The number of nitrogens with one attached hydrogen (secondary N) is 1. The van der Waals surface area contributed by atoms with Gasteiger partial charge in [-0.25, -0.2) is 9.97 Å². The quantitative estimate of drug-likeness (QED) is 0.851. The third-order valence-electron chi connectivity index (χ3n) is 3.69. The zero-order valence-corrected chi connectivity index (χ0v) is 12.1. The second kappa shape index (κ2) is 6.09. The van der Waals surface area contributed by atoms with Crippen molar-refractivity contribution in [3.63, 3.8) is 0 Å². The Kier molecular flexibility index (Phi) is 4.01. The third-order valence-corrected chi connectivity index (χ3v) is 3.69. The second-order valence-electron chi connectivity index (χ2n) is 5.23. The van der Waals surface area contributed by atoms with Crippen LogP contribution in [0.15, 0.2) is 18.5 Å². The molecular formula is C14H20N6O. The number of anilines is 2. The zero-order valence-electron chi connectivity index (χ0n) is 12.1. The summed E-state index contributed by atoms with van der Waals surface area (Å²) in [5, 5.41) is 3.29. The number of rotatable bonds is 5. The van der Waals surface area contributed by atoms with Crippen molar-refractivity contribution in [1.29, 1.82) is 0 Å². The summed E-state index contributed by atoms with van der Waals surface area (Å²) in [6.45, 7) is 2.25. The highest BCUT2D eigenvalue weighted by Gasteiger charge is 2.20. The Morgan fingerprint density at radius 2 is 2.38 bits per heavy atom. The van der Waals surface area contributed by atoms with Crippen LogP contribution in [0.1, 0.15) is 23.9 Å². The molecule has 0 radical (unpaired) electrons. The molecule has 1 aliphatic heterocycles. The molecular weight excluding hydrogens is 268 g/mol. The van der Waals surface area contributed by atoms with E-state index >= 15 is 0 Å². The maximum absolute atomic E-state index is 5.80. The zero-order chi connectivity index (χ0) is 14.7. The molecule has 3 heterocycles. The van der Waals surface area contributed by atoms with Crippen molar-refractivity contribution in [3.8, 4) is 0 Å². The Morgan fingerprint density at radius 1 is 1.48 bits per heavy atom. The van der Waals surface area contributed by atoms with Gasteiger partial charge in [0.25, 0.3) is 0 Å². The first-order chi connectivity index (χ1) is 10.2. The largest absolute Gasteiger partial charge is 0.381 e. The lowest BCUT2D eigenvalue weighted by molar-refractivity contribution is 0.193. The Hall–Kier alpha value is -2.15. The minimum absolute atomic E-state index is 0.305. The third kappa shape index (κ3) is 3.30. The topological polar surface area (TPSA) is 90.9 Å². The van der Waals surface area contributed by atoms with E-state index in [1.807, 2.05) is 23.9 Å². The molecule has 0 bridgehead atoms. The SMILES string of the molecule is Cn1ccnc1CCNc1cc([C@H]2CCOC2)nc(N)n1. The first-order valence-corrected chi connectivity index (χ1v) is 7.14. The second-order valence-corrected chi connectivity index (χ2v) is 5.23. The Labute approximate surface area is 123 Å². The van der Waals surface area contributed by atoms with Crippen molar-refractivity contribution in [2.75, 3.05) is 30.8 Å². The van der Waals surface area contributed by atoms with Crippen LogP contribution in [-0.2, 0) is 18.2 Å². The molecule has 1 fully saturated rings. The number of hydrogen-bond acceptors (Lipinski definition) is 6. The number of nitrogen functional groups attached to an aromatic ring is 1. The van der Waals surface area contributed by atoms with E-state index < -0.39 is 0 Å². The van der Waals surface area contributed by atoms with E-state index in [4.69, 9.17) is 10.5 Å². The number of hydrogen-bond donors (Lipinski definition) is 2. The Morgan fingerprint density at radius 3 is 3.10 bits per heavy atom. The van der Waals surface area contributed by atoms with Gasteiger partial charge in [-0.2, -0.15) is 4.98 Å². The van der Waals surface area contributed by atoms with Crippen LogP contribution in [0.3, 0.4) is 0 Å². The van der Waals surface area contributed by atoms with Gasteiger partial charge in [0.2, 0.25) is 5.95 Å². The van der Waals surface area contributed by atoms with Gasteiger partial charge in [0, 0.05) is 51.0 Å². The maximum Gasteiger partial charge on any atom is 0.222 e. The number of aryl methyl sites for hydroxylation is 1. The average Bonchev–Trinajstić information content (AvgIpc) is 3.10. The standard InChI is InChI=1S/C14H20N6O/c1-20-6-5-17-13(20)2-4-16-12-8-11(18-14(15)19-12)10-3-7-21-9-10/h5-6,8,10H,2-4,7,9H2,1H3,(H3,15,16,18,19)/t10-/m0/s1. The lowest BCUT2D eigenvalue weighted by atomic mass is 10.0. The first-order valence-electron chi connectivity index (χ1n) is 7.14. The lowest BCUT2D eigenvalue weighted by Gasteiger charge is -2.11. The molecule has 3 N–H and O–H groups in total. The normalized spacial score (nSPS) is 18.0. The van der Waals surface area contributed by atoms with E-state index in [-0.39, 0.29) is 0 Å². The molecule has 0 unspecified atom stereocenters. The number of nitrogens with two attached hydrogens (primary N) is 1. The van der Waals surface area contributed by atoms with Gasteiger partial charge in [-0.3, -0.25) is 0 Å². The van der Waals surface area contributed by atoms with Gasteiger partial charge in [-0.1, -0.05) is 0 Å². The van der Waals surface area contributed by atoms with Gasteiger partial charge in [0.15, 0.2) is 0 Å². The summed E-state index contributed by atoms with van der Waals surface area (Å²) in [5.41, 5.74) is 6.76. The van der Waals surface area contributed by atoms with Gasteiger partial charge < -0.3 is 20.4 Å². The predicted molar refractivity (Wildman–Crippen MR) is 80.0 cm³/mol. The van der Waals surface area contributed by atoms with Crippen LogP contribution in [0.25, 0.3) is 0 Å². The van der Waals surface area contributed by atoms with E-state index in [9.17, 15) is 0 Å². The molecule has 0 saturated carbocycles. The predicted octanol–water partition coefficient (Wildman–Crippen LogP) is 0.951. The van der Waals surface area contributed by atoms with Crippen LogP contribution in [0.5, 0.6) is 0 Å². The van der Waals surface area contributed by atoms with E-state index in [2.05, 4.69) is 20.3 Å². The van der Waals surface area contributed by atoms with Crippen molar-refractivity contribution < 1.29 is 4.74 Å². The van der Waals surface area contributed by atoms with Crippen molar-refractivity contribution in [2.24, 2.45) is 7.05 Å². The van der Waals surface area contributed by atoms with Crippen molar-refractivity contribution in [3.05, 3.63) is 30.0 Å². The molecule has 1 saturated heterocycles. The highest BCUT2D eigenvalue weighted by molar-refractivity contribution is 5.41. The monoisotopic (exact) mass is 288 g/mol. The van der Waals surface area contributed by atoms with Gasteiger partial charge in [0.1, 0.15) is 11.6 Å². The lowest BCUT2D eigenvalue weighted by Crippen LogP contribution is -2.12. The molecule has 1 atom stereocenters. The van der Waals surface area contributed by atoms with E-state index in [1.165, 1.54) is 0 Å².